The average molecular weight is 643 g/mol. The van der Waals surface area contributed by atoms with Crippen molar-refractivity contribution in [1.82, 2.24) is 5.32 Å². The van der Waals surface area contributed by atoms with E-state index in [9.17, 15) is 4.79 Å². The molecule has 1 N–H and O–H groups in total. The molecule has 2 unspecified atom stereocenters. The quantitative estimate of drug-likeness (QED) is 0.0432. The zero-order chi connectivity index (χ0) is 33.4. The van der Waals surface area contributed by atoms with E-state index in [0.29, 0.717) is 6.42 Å². The van der Waals surface area contributed by atoms with Crippen molar-refractivity contribution in [1.29, 1.82) is 0 Å². The second-order valence-corrected chi connectivity index (χ2v) is 14.6. The van der Waals surface area contributed by atoms with Crippen LogP contribution in [-0.2, 0) is 4.79 Å². The van der Waals surface area contributed by atoms with Gasteiger partial charge in [-0.05, 0) is 64.2 Å². The molecule has 1 rings (SSSR count). The molecule has 46 heavy (non-hydrogen) atoms. The summed E-state index contributed by atoms with van der Waals surface area (Å²) in [5.74, 6) is 1.51. The molecule has 0 aliphatic carbocycles. The zero-order valence-electron chi connectivity index (χ0n) is 31.6. The van der Waals surface area contributed by atoms with E-state index < -0.39 is 0 Å². The Morgan fingerprint density at radius 2 is 1.02 bits per heavy atom. The molecular weight excluding hydrogens is 562 g/mol. The molecule has 2 atom stereocenters. The molecule has 0 aromatic heterocycles. The molecule has 0 aromatic carbocycles. The number of nitrogens with zero attached hydrogens (tertiary/aromatic N) is 2. The molecule has 0 spiro atoms. The van der Waals surface area contributed by atoms with Gasteiger partial charge >= 0.3 is 0 Å². The number of amidine groups is 1. The second kappa shape index (κ2) is 30.9. The second-order valence-electron chi connectivity index (χ2n) is 14.6. The van der Waals surface area contributed by atoms with Crippen LogP contribution in [0.4, 0.5) is 0 Å². The maximum atomic E-state index is 12.7. The molecular formula is C42H80N3O+. The van der Waals surface area contributed by atoms with Gasteiger partial charge in [0.2, 0.25) is 5.91 Å². The van der Waals surface area contributed by atoms with E-state index in [4.69, 9.17) is 4.99 Å². The predicted molar refractivity (Wildman–Crippen MR) is 204 cm³/mol. The molecule has 268 valence electrons. The molecule has 1 aliphatic heterocycles. The van der Waals surface area contributed by atoms with Gasteiger partial charge in [-0.2, -0.15) is 0 Å². The Morgan fingerprint density at radius 3 is 1.48 bits per heavy atom. The lowest BCUT2D eigenvalue weighted by atomic mass is 10.1. The van der Waals surface area contributed by atoms with Gasteiger partial charge in [-0.25, -0.2) is 4.99 Å². The number of amides is 1. The lowest BCUT2D eigenvalue weighted by Gasteiger charge is -2.36. The third kappa shape index (κ3) is 23.0. The summed E-state index contributed by atoms with van der Waals surface area (Å²) in [4.78, 5) is 17.6. The van der Waals surface area contributed by atoms with Crippen LogP contribution in [0.2, 0.25) is 0 Å². The zero-order valence-corrected chi connectivity index (χ0v) is 31.6. The van der Waals surface area contributed by atoms with Gasteiger partial charge in [0.25, 0.3) is 0 Å². The highest BCUT2D eigenvalue weighted by atomic mass is 16.1. The fourth-order valence-corrected chi connectivity index (χ4v) is 6.76. The van der Waals surface area contributed by atoms with Crippen LogP contribution in [0, 0.1) is 0 Å². The van der Waals surface area contributed by atoms with E-state index in [2.05, 4.69) is 57.4 Å². The van der Waals surface area contributed by atoms with Crippen LogP contribution in [-0.4, -0.2) is 42.5 Å². The first-order chi connectivity index (χ1) is 22.5. The molecule has 1 heterocycles. The summed E-state index contributed by atoms with van der Waals surface area (Å²) in [6, 6.07) is 0. The van der Waals surface area contributed by atoms with E-state index in [0.717, 1.165) is 36.8 Å². The summed E-state index contributed by atoms with van der Waals surface area (Å²) in [5.41, 5.74) is 0. The summed E-state index contributed by atoms with van der Waals surface area (Å²) in [5, 5.41) is 3.34. The summed E-state index contributed by atoms with van der Waals surface area (Å²) >= 11 is 0. The van der Waals surface area contributed by atoms with E-state index >= 15 is 0 Å². The van der Waals surface area contributed by atoms with Gasteiger partial charge in [-0.15, -0.1) is 0 Å². The maximum absolute atomic E-state index is 12.7. The Morgan fingerprint density at radius 1 is 0.630 bits per heavy atom. The minimum Gasteiger partial charge on any atom is -0.307 e. The molecule has 0 aromatic rings. The van der Waals surface area contributed by atoms with Gasteiger partial charge in [0.15, 0.2) is 12.0 Å². The van der Waals surface area contributed by atoms with Crippen LogP contribution in [0.25, 0.3) is 0 Å². The molecule has 1 amide bonds. The van der Waals surface area contributed by atoms with Gasteiger partial charge in [0.05, 0.1) is 13.6 Å². The normalized spacial score (nSPS) is 17.3. The molecule has 4 heteroatoms. The summed E-state index contributed by atoms with van der Waals surface area (Å²) < 4.78 is 0.795. The molecule has 0 radical (unpaired) electrons. The number of unbranched alkanes of at least 4 members (excludes halogenated alkanes) is 23. The van der Waals surface area contributed by atoms with Crippen LogP contribution in [0.5, 0.6) is 0 Å². The standard InChI is InChI=1S/C42H79N3O/c1-5-7-9-11-13-15-17-19-21-23-24-26-28-30-32-34-36-41-43-38-39-45(41,4)40(3)44-42(46)37-35-33-31-29-27-25-22-20-18-16-14-12-10-8-6-2/h19-22,40H,5-18,23-39H2,1-4H3/p+1. The Hall–Kier alpha value is -1.42. The highest BCUT2D eigenvalue weighted by molar-refractivity contribution is 5.78. The minimum atomic E-state index is 0.103. The first-order valence-electron chi connectivity index (χ1n) is 20.5. The van der Waals surface area contributed by atoms with Crippen molar-refractivity contribution in [3.8, 4) is 0 Å². The van der Waals surface area contributed by atoms with Crippen molar-refractivity contribution < 1.29 is 9.28 Å². The first-order valence-corrected chi connectivity index (χ1v) is 20.5. The van der Waals surface area contributed by atoms with Crippen molar-refractivity contribution in [2.75, 3.05) is 20.1 Å². The van der Waals surface area contributed by atoms with Crippen LogP contribution in [0.1, 0.15) is 207 Å². The molecule has 4 nitrogen and oxygen atoms in total. The van der Waals surface area contributed by atoms with Crippen molar-refractivity contribution in [2.45, 2.75) is 213 Å². The molecule has 0 saturated carbocycles. The Kier molecular flexibility index (Phi) is 28.6. The van der Waals surface area contributed by atoms with Crippen LogP contribution >= 0.6 is 0 Å². The Labute approximate surface area is 288 Å². The average Bonchev–Trinajstić information content (AvgIpc) is 3.43. The number of hydrogen-bond donors (Lipinski definition) is 1. The smallest absolute Gasteiger partial charge is 0.224 e. The molecule has 0 fully saturated rings. The third-order valence-electron chi connectivity index (χ3n) is 10.3. The molecule has 0 saturated heterocycles. The highest BCUT2D eigenvalue weighted by Crippen LogP contribution is 2.21. The van der Waals surface area contributed by atoms with Gasteiger partial charge in [0, 0.05) is 19.8 Å². The van der Waals surface area contributed by atoms with Gasteiger partial charge in [-0.1, -0.05) is 147 Å². The van der Waals surface area contributed by atoms with Crippen LogP contribution in [0.15, 0.2) is 29.3 Å². The number of quaternary nitrogens is 1. The first kappa shape index (κ1) is 42.6. The van der Waals surface area contributed by atoms with Crippen molar-refractivity contribution in [3.63, 3.8) is 0 Å². The minimum absolute atomic E-state index is 0.103. The lowest BCUT2D eigenvalue weighted by molar-refractivity contribution is -0.843. The van der Waals surface area contributed by atoms with Crippen molar-refractivity contribution >= 4 is 11.7 Å². The van der Waals surface area contributed by atoms with Crippen LogP contribution in [0.3, 0.4) is 0 Å². The summed E-state index contributed by atoms with van der Waals surface area (Å²) in [7, 11) is 2.28. The maximum Gasteiger partial charge on any atom is 0.224 e. The number of hydrogen-bond acceptors (Lipinski definition) is 2. The van der Waals surface area contributed by atoms with E-state index in [1.165, 1.54) is 166 Å². The predicted octanol–water partition coefficient (Wildman–Crippen LogP) is 12.8. The fraction of sp³-hybridized carbons (Fsp3) is 0.857. The van der Waals surface area contributed by atoms with Gasteiger partial charge in [-0.3, -0.25) is 9.28 Å². The number of rotatable bonds is 33. The van der Waals surface area contributed by atoms with E-state index in [1.54, 1.807) is 0 Å². The number of carbonyl (C=O) groups excluding carboxylic acids is 1. The van der Waals surface area contributed by atoms with Crippen molar-refractivity contribution in [3.05, 3.63) is 24.3 Å². The Bertz CT molecular complexity index is 788. The largest absolute Gasteiger partial charge is 0.307 e. The van der Waals surface area contributed by atoms with Crippen LogP contribution < -0.4 is 5.32 Å². The highest BCUT2D eigenvalue weighted by Gasteiger charge is 2.39. The summed E-state index contributed by atoms with van der Waals surface area (Å²) in [6.45, 7) is 8.65. The Balaban J connectivity index is 2.02. The van der Waals surface area contributed by atoms with Gasteiger partial charge in [0.1, 0.15) is 6.54 Å². The molecule has 1 aliphatic rings. The fourth-order valence-electron chi connectivity index (χ4n) is 6.76. The number of aliphatic imine (C=N–C) groups is 1. The van der Waals surface area contributed by atoms with E-state index in [-0.39, 0.29) is 12.1 Å². The summed E-state index contributed by atoms with van der Waals surface area (Å²) in [6.07, 6.45) is 47.0. The number of nitrogens with one attached hydrogen (secondary N) is 1. The third-order valence-corrected chi connectivity index (χ3v) is 10.3. The monoisotopic (exact) mass is 643 g/mol. The van der Waals surface area contributed by atoms with E-state index in [1.807, 2.05) is 0 Å². The number of carbonyl (C=O) groups is 1. The molecule has 0 bridgehead atoms. The van der Waals surface area contributed by atoms with Gasteiger partial charge < -0.3 is 5.32 Å². The van der Waals surface area contributed by atoms with Crippen molar-refractivity contribution in [2.24, 2.45) is 4.99 Å². The SMILES string of the molecule is CCCCCCCCC=CCCCCCCCCC1=NCC[N+]1(C)C(C)NC(=O)CCCCCCCC=CCCCCCCCC. The number of likely N-dealkylation sites (N-methyl/N-ethyl adjacent to an activating group) is 1. The lowest BCUT2D eigenvalue weighted by Crippen LogP contribution is -2.60. The topological polar surface area (TPSA) is 41.5 Å². The number of allylic oxidation sites excluding steroid dienone is 4.